The van der Waals surface area contributed by atoms with E-state index in [1.54, 1.807) is 6.92 Å². The van der Waals surface area contributed by atoms with Crippen LogP contribution in [-0.2, 0) is 20.3 Å². The summed E-state index contributed by atoms with van der Waals surface area (Å²) in [6.45, 7) is 1.61. The first-order chi connectivity index (χ1) is 10.5. The summed E-state index contributed by atoms with van der Waals surface area (Å²) in [5.41, 5.74) is 0.487. The normalized spacial score (nSPS) is 12.6. The molecule has 0 amide bonds. The van der Waals surface area contributed by atoms with Gasteiger partial charge in [-0.15, -0.1) is 9.19 Å². The summed E-state index contributed by atoms with van der Waals surface area (Å²) in [7, 11) is -5.79. The lowest BCUT2D eigenvalue weighted by Crippen LogP contribution is -2.29. The standard InChI is InChI=1S/C11H13ClN4O5S2/c1-8-6-9(12)4-5-10(8)21-22(17,18)11-13-7-16(14-11)23(19,20)15(2)3/h4-7H,1-3H3. The third kappa shape index (κ3) is 3.63. The zero-order chi connectivity index (χ0) is 17.4. The zero-order valence-electron chi connectivity index (χ0n) is 12.3. The molecule has 12 heteroatoms. The van der Waals surface area contributed by atoms with Gasteiger partial charge < -0.3 is 4.18 Å². The van der Waals surface area contributed by atoms with Gasteiger partial charge in [0, 0.05) is 19.1 Å². The molecule has 1 heterocycles. The number of aryl methyl sites for hydroxylation is 1. The molecule has 0 aliphatic carbocycles. The van der Waals surface area contributed by atoms with Crippen molar-refractivity contribution in [3.05, 3.63) is 35.1 Å². The van der Waals surface area contributed by atoms with Gasteiger partial charge in [0.15, 0.2) is 0 Å². The van der Waals surface area contributed by atoms with E-state index in [4.69, 9.17) is 15.8 Å². The van der Waals surface area contributed by atoms with Crippen molar-refractivity contribution >= 4 is 31.9 Å². The molecule has 126 valence electrons. The Kier molecular flexibility index (Phi) is 4.66. The summed E-state index contributed by atoms with van der Waals surface area (Å²) in [6.07, 6.45) is 0.778. The second kappa shape index (κ2) is 6.07. The summed E-state index contributed by atoms with van der Waals surface area (Å²) in [5.74, 6) is 0.0428. The average molecular weight is 381 g/mol. The molecule has 0 N–H and O–H groups in total. The van der Waals surface area contributed by atoms with Crippen LogP contribution in [0.4, 0.5) is 0 Å². The highest BCUT2D eigenvalue weighted by Gasteiger charge is 2.27. The zero-order valence-corrected chi connectivity index (χ0v) is 14.7. The smallest absolute Gasteiger partial charge is 0.376 e. The van der Waals surface area contributed by atoms with Gasteiger partial charge in [0.25, 0.3) is 0 Å². The van der Waals surface area contributed by atoms with Crippen molar-refractivity contribution in [2.24, 2.45) is 0 Å². The van der Waals surface area contributed by atoms with Crippen LogP contribution in [0.25, 0.3) is 0 Å². The minimum atomic E-state index is -4.38. The van der Waals surface area contributed by atoms with Gasteiger partial charge in [-0.2, -0.15) is 21.1 Å². The predicted octanol–water partition coefficient (Wildman–Crippen LogP) is 0.662. The second-order valence-electron chi connectivity index (χ2n) is 4.64. The predicted molar refractivity (Wildman–Crippen MR) is 82.0 cm³/mol. The van der Waals surface area contributed by atoms with E-state index >= 15 is 0 Å². The SMILES string of the molecule is Cc1cc(Cl)ccc1OS(=O)(=O)c1ncn(S(=O)(=O)N(C)C)n1. The van der Waals surface area contributed by atoms with Crippen molar-refractivity contribution in [3.8, 4) is 5.75 Å². The van der Waals surface area contributed by atoms with Crippen LogP contribution < -0.4 is 4.18 Å². The Bertz CT molecular complexity index is 937. The maximum Gasteiger partial charge on any atom is 0.377 e. The maximum atomic E-state index is 12.1. The van der Waals surface area contributed by atoms with Gasteiger partial charge in [0.1, 0.15) is 12.1 Å². The molecule has 0 saturated heterocycles. The molecule has 0 aliphatic heterocycles. The van der Waals surface area contributed by atoms with Crippen LogP contribution in [0, 0.1) is 6.92 Å². The van der Waals surface area contributed by atoms with Crippen LogP contribution in [0.3, 0.4) is 0 Å². The highest BCUT2D eigenvalue weighted by atomic mass is 35.5. The van der Waals surface area contributed by atoms with Crippen molar-refractivity contribution < 1.29 is 21.0 Å². The van der Waals surface area contributed by atoms with Crippen molar-refractivity contribution in [1.29, 1.82) is 0 Å². The molecule has 0 saturated carbocycles. The molecule has 0 atom stereocenters. The molecule has 0 bridgehead atoms. The monoisotopic (exact) mass is 380 g/mol. The highest BCUT2D eigenvalue weighted by Crippen LogP contribution is 2.24. The quantitative estimate of drug-likeness (QED) is 0.700. The number of aromatic nitrogens is 3. The van der Waals surface area contributed by atoms with Crippen molar-refractivity contribution in [3.63, 3.8) is 0 Å². The van der Waals surface area contributed by atoms with E-state index < -0.39 is 25.5 Å². The third-order valence-corrected chi connectivity index (χ3v) is 5.55. The molecule has 0 spiro atoms. The van der Waals surface area contributed by atoms with E-state index in [9.17, 15) is 16.8 Å². The van der Waals surface area contributed by atoms with Gasteiger partial charge in [-0.3, -0.25) is 0 Å². The van der Waals surface area contributed by atoms with Crippen molar-refractivity contribution in [2.45, 2.75) is 12.1 Å². The van der Waals surface area contributed by atoms with E-state index in [2.05, 4.69) is 10.1 Å². The minimum absolute atomic E-state index is 0.0428. The molecule has 1 aromatic heterocycles. The Morgan fingerprint density at radius 1 is 1.22 bits per heavy atom. The fraction of sp³-hybridized carbons (Fsp3) is 0.273. The Hall–Kier alpha value is -1.69. The first kappa shape index (κ1) is 17.7. The summed E-state index contributed by atoms with van der Waals surface area (Å²) in [4.78, 5) is 3.49. The fourth-order valence-electron chi connectivity index (χ4n) is 1.49. The summed E-state index contributed by atoms with van der Waals surface area (Å²) in [5, 5.41) is 3.11. The number of hydrogen-bond acceptors (Lipinski definition) is 7. The molecule has 1 aromatic carbocycles. The van der Waals surface area contributed by atoms with Crippen LogP contribution in [0.15, 0.2) is 29.7 Å². The number of nitrogens with zero attached hydrogens (tertiary/aromatic N) is 4. The Morgan fingerprint density at radius 2 is 1.87 bits per heavy atom. The summed E-state index contributed by atoms with van der Waals surface area (Å²) < 4.78 is 54.2. The van der Waals surface area contributed by atoms with Crippen LogP contribution in [0.5, 0.6) is 5.75 Å². The molecule has 0 unspecified atom stereocenters. The molecule has 9 nitrogen and oxygen atoms in total. The van der Waals surface area contributed by atoms with Crippen LogP contribution >= 0.6 is 11.6 Å². The molecule has 0 aliphatic rings. The van der Waals surface area contributed by atoms with E-state index in [-0.39, 0.29) is 5.75 Å². The molecule has 23 heavy (non-hydrogen) atoms. The molecule has 0 fully saturated rings. The number of benzene rings is 1. The molecular formula is C11H13ClN4O5S2. The minimum Gasteiger partial charge on any atom is -0.376 e. The van der Waals surface area contributed by atoms with E-state index in [0.717, 1.165) is 10.6 Å². The van der Waals surface area contributed by atoms with Crippen LogP contribution in [0.2, 0.25) is 5.02 Å². The van der Waals surface area contributed by atoms with Gasteiger partial charge >= 0.3 is 25.5 Å². The lowest BCUT2D eigenvalue weighted by atomic mass is 10.2. The van der Waals surface area contributed by atoms with Gasteiger partial charge in [-0.05, 0) is 30.7 Å². The highest BCUT2D eigenvalue weighted by molar-refractivity contribution is 7.87. The van der Waals surface area contributed by atoms with E-state index in [1.165, 1.54) is 32.3 Å². The first-order valence-electron chi connectivity index (χ1n) is 6.09. The van der Waals surface area contributed by atoms with Crippen molar-refractivity contribution in [1.82, 2.24) is 18.5 Å². The Morgan fingerprint density at radius 3 is 2.43 bits per heavy atom. The number of rotatable bonds is 5. The Labute approximate surface area is 138 Å². The van der Waals surface area contributed by atoms with Gasteiger partial charge in [0.2, 0.25) is 0 Å². The fourth-order valence-corrected chi connectivity index (χ4v) is 3.31. The number of hydrogen-bond donors (Lipinski definition) is 0. The molecule has 2 rings (SSSR count). The van der Waals surface area contributed by atoms with Crippen LogP contribution in [0.1, 0.15) is 5.56 Å². The van der Waals surface area contributed by atoms with Gasteiger partial charge in [-0.25, -0.2) is 4.98 Å². The molecule has 2 aromatic rings. The van der Waals surface area contributed by atoms with Gasteiger partial charge in [-0.1, -0.05) is 11.6 Å². The summed E-state index contributed by atoms with van der Waals surface area (Å²) in [6, 6.07) is 4.36. The first-order valence-corrected chi connectivity index (χ1v) is 9.27. The molecular weight excluding hydrogens is 368 g/mol. The Balaban J connectivity index is 2.36. The second-order valence-corrected chi connectivity index (χ2v) is 8.51. The maximum absolute atomic E-state index is 12.1. The lowest BCUT2D eigenvalue weighted by Gasteiger charge is -2.09. The lowest BCUT2D eigenvalue weighted by molar-refractivity contribution is 0.474. The van der Waals surface area contributed by atoms with E-state index in [0.29, 0.717) is 14.7 Å². The topological polar surface area (TPSA) is 111 Å². The van der Waals surface area contributed by atoms with Gasteiger partial charge in [0.05, 0.1) is 0 Å². The van der Waals surface area contributed by atoms with E-state index in [1.807, 2.05) is 0 Å². The third-order valence-electron chi connectivity index (χ3n) is 2.71. The number of halogens is 1. The molecule has 0 radical (unpaired) electrons. The largest absolute Gasteiger partial charge is 0.377 e. The van der Waals surface area contributed by atoms with Crippen LogP contribution in [-0.4, -0.2) is 49.4 Å². The van der Waals surface area contributed by atoms with Crippen molar-refractivity contribution in [2.75, 3.05) is 14.1 Å². The average Bonchev–Trinajstić information content (AvgIpc) is 2.93. The summed E-state index contributed by atoms with van der Waals surface area (Å²) >= 11 is 5.78.